The fourth-order valence-electron chi connectivity index (χ4n) is 1.68. The van der Waals surface area contributed by atoms with E-state index in [-0.39, 0.29) is 28.5 Å². The van der Waals surface area contributed by atoms with Crippen LogP contribution in [0.1, 0.15) is 17.9 Å². The van der Waals surface area contributed by atoms with Crippen molar-refractivity contribution in [2.75, 3.05) is 17.2 Å². The maximum absolute atomic E-state index is 11.2. The molecule has 7 heteroatoms. The van der Waals surface area contributed by atoms with E-state index in [0.29, 0.717) is 12.0 Å². The van der Waals surface area contributed by atoms with Crippen LogP contribution in [0.25, 0.3) is 0 Å². The van der Waals surface area contributed by atoms with E-state index in [2.05, 4.69) is 9.68 Å². The summed E-state index contributed by atoms with van der Waals surface area (Å²) < 4.78 is 27.1. The van der Waals surface area contributed by atoms with Crippen molar-refractivity contribution in [2.24, 2.45) is 0 Å². The molecule has 0 bridgehead atoms. The lowest BCUT2D eigenvalue weighted by Crippen LogP contribution is -2.05. The van der Waals surface area contributed by atoms with Crippen LogP contribution in [0.3, 0.4) is 0 Å². The molecule has 1 aliphatic heterocycles. The minimum atomic E-state index is -2.94. The molecule has 1 aromatic rings. The molecule has 0 amide bonds. The number of rotatable bonds is 1. The molecule has 0 aromatic carbocycles. The zero-order valence-corrected chi connectivity index (χ0v) is 8.81. The number of nitrogen functional groups attached to an aromatic ring is 1. The summed E-state index contributed by atoms with van der Waals surface area (Å²) in [6, 6.07) is 0. The van der Waals surface area contributed by atoms with E-state index >= 15 is 0 Å². The fourth-order valence-corrected chi connectivity index (χ4v) is 3.72. The summed E-state index contributed by atoms with van der Waals surface area (Å²) in [6.07, 6.45) is 0.535. The first-order chi connectivity index (χ1) is 6.49. The lowest BCUT2D eigenvalue weighted by Gasteiger charge is -2.03. The summed E-state index contributed by atoms with van der Waals surface area (Å²) >= 11 is 5.74. The predicted molar refractivity (Wildman–Crippen MR) is 51.9 cm³/mol. The third-order valence-corrected chi connectivity index (χ3v) is 4.39. The smallest absolute Gasteiger partial charge is 0.227 e. The first kappa shape index (κ1) is 9.79. The van der Waals surface area contributed by atoms with E-state index in [1.54, 1.807) is 0 Å². The lowest BCUT2D eigenvalue weighted by molar-refractivity contribution is 0.436. The Morgan fingerprint density at radius 1 is 1.57 bits per heavy atom. The Balaban J connectivity index is 2.34. The van der Waals surface area contributed by atoms with Crippen molar-refractivity contribution in [3.05, 3.63) is 10.7 Å². The van der Waals surface area contributed by atoms with Crippen molar-refractivity contribution >= 4 is 27.3 Å². The van der Waals surface area contributed by atoms with Gasteiger partial charge in [0.2, 0.25) is 5.88 Å². The molecule has 78 valence electrons. The van der Waals surface area contributed by atoms with Gasteiger partial charge in [-0.3, -0.25) is 0 Å². The fraction of sp³-hybridized carbons (Fsp3) is 0.571. The van der Waals surface area contributed by atoms with Crippen LogP contribution in [0.5, 0.6) is 0 Å². The molecule has 14 heavy (non-hydrogen) atoms. The molecular formula is C7H9ClN2O3S. The number of hydrogen-bond donors (Lipinski definition) is 1. The quantitative estimate of drug-likeness (QED) is 0.780. The highest BCUT2D eigenvalue weighted by Gasteiger charge is 2.33. The van der Waals surface area contributed by atoms with Gasteiger partial charge in [-0.25, -0.2) is 8.42 Å². The summed E-state index contributed by atoms with van der Waals surface area (Å²) in [5.74, 6) is 0.215. The van der Waals surface area contributed by atoms with Gasteiger partial charge < -0.3 is 10.3 Å². The zero-order chi connectivity index (χ0) is 10.3. The average Bonchev–Trinajstić information content (AvgIpc) is 2.56. The number of hydrogen-bond acceptors (Lipinski definition) is 5. The Bertz CT molecular complexity index is 434. The van der Waals surface area contributed by atoms with Crippen LogP contribution in [0.2, 0.25) is 5.15 Å². The number of halogens is 1. The summed E-state index contributed by atoms with van der Waals surface area (Å²) in [5.41, 5.74) is 6.04. The molecule has 1 aromatic heterocycles. The largest absolute Gasteiger partial charge is 0.367 e. The topological polar surface area (TPSA) is 86.2 Å². The van der Waals surface area contributed by atoms with E-state index < -0.39 is 9.84 Å². The first-order valence-electron chi connectivity index (χ1n) is 4.10. The molecule has 0 spiro atoms. The van der Waals surface area contributed by atoms with Gasteiger partial charge in [-0.05, 0) is 6.42 Å². The molecule has 1 fully saturated rings. The molecule has 2 N–H and O–H groups in total. The van der Waals surface area contributed by atoms with Gasteiger partial charge in [0.05, 0.1) is 17.1 Å². The van der Waals surface area contributed by atoms with Crippen LogP contribution in [-0.2, 0) is 9.84 Å². The molecule has 2 rings (SSSR count). The highest BCUT2D eigenvalue weighted by molar-refractivity contribution is 7.91. The highest BCUT2D eigenvalue weighted by atomic mass is 35.5. The van der Waals surface area contributed by atoms with Gasteiger partial charge in [-0.15, -0.1) is 0 Å². The second-order valence-corrected chi connectivity index (χ2v) is 5.94. The number of anilines is 1. The third kappa shape index (κ3) is 1.59. The molecule has 5 nitrogen and oxygen atoms in total. The normalized spacial score (nSPS) is 25.4. The van der Waals surface area contributed by atoms with Crippen molar-refractivity contribution in [3.8, 4) is 0 Å². The van der Waals surface area contributed by atoms with Crippen LogP contribution < -0.4 is 5.73 Å². The Morgan fingerprint density at radius 2 is 2.29 bits per heavy atom. The predicted octanol–water partition coefficient (Wildman–Crippen LogP) is 0.812. The standard InChI is InChI=1S/C7H9ClN2O3S/c8-6-5(7(9)13-10-6)4-1-2-14(11,12)3-4/h4H,1-3,9H2. The van der Waals surface area contributed by atoms with Crippen molar-refractivity contribution in [3.63, 3.8) is 0 Å². The molecule has 1 aliphatic rings. The SMILES string of the molecule is Nc1onc(Cl)c1C1CCS(=O)(=O)C1. The molecule has 0 saturated carbocycles. The number of aromatic nitrogens is 1. The molecule has 2 heterocycles. The van der Waals surface area contributed by atoms with Crippen molar-refractivity contribution in [2.45, 2.75) is 12.3 Å². The number of sulfone groups is 1. The molecule has 1 unspecified atom stereocenters. The summed E-state index contributed by atoms with van der Waals surface area (Å²) in [6.45, 7) is 0. The van der Waals surface area contributed by atoms with Crippen LogP contribution in [0.4, 0.5) is 5.88 Å². The Kier molecular flexibility index (Phi) is 2.19. The van der Waals surface area contributed by atoms with Gasteiger partial charge in [0.15, 0.2) is 15.0 Å². The van der Waals surface area contributed by atoms with E-state index in [9.17, 15) is 8.42 Å². The van der Waals surface area contributed by atoms with E-state index in [4.69, 9.17) is 17.3 Å². The highest BCUT2D eigenvalue weighted by Crippen LogP contribution is 2.36. The van der Waals surface area contributed by atoms with E-state index in [0.717, 1.165) is 0 Å². The number of nitrogens with zero attached hydrogens (tertiary/aromatic N) is 1. The molecule has 1 saturated heterocycles. The van der Waals surface area contributed by atoms with Gasteiger partial charge in [-0.2, -0.15) is 0 Å². The van der Waals surface area contributed by atoms with E-state index in [1.807, 2.05) is 0 Å². The van der Waals surface area contributed by atoms with Gasteiger partial charge in [0.25, 0.3) is 0 Å². The second kappa shape index (κ2) is 3.13. The summed E-state index contributed by atoms with van der Waals surface area (Å²) in [4.78, 5) is 0. The molecule has 1 atom stereocenters. The molecule has 0 aliphatic carbocycles. The van der Waals surface area contributed by atoms with Gasteiger partial charge in [-0.1, -0.05) is 16.8 Å². The van der Waals surface area contributed by atoms with Crippen LogP contribution in [-0.4, -0.2) is 25.1 Å². The van der Waals surface area contributed by atoms with Crippen molar-refractivity contribution in [1.82, 2.24) is 5.16 Å². The van der Waals surface area contributed by atoms with Crippen molar-refractivity contribution in [1.29, 1.82) is 0 Å². The maximum atomic E-state index is 11.2. The van der Waals surface area contributed by atoms with Crippen LogP contribution >= 0.6 is 11.6 Å². The molecular weight excluding hydrogens is 228 g/mol. The Morgan fingerprint density at radius 3 is 2.71 bits per heavy atom. The van der Waals surface area contributed by atoms with Crippen LogP contribution in [0, 0.1) is 0 Å². The summed E-state index contributed by atoms with van der Waals surface area (Å²) in [7, 11) is -2.94. The van der Waals surface area contributed by atoms with Gasteiger partial charge in [0, 0.05) is 5.92 Å². The van der Waals surface area contributed by atoms with Gasteiger partial charge >= 0.3 is 0 Å². The monoisotopic (exact) mass is 236 g/mol. The maximum Gasteiger partial charge on any atom is 0.227 e. The second-order valence-electron chi connectivity index (χ2n) is 3.35. The zero-order valence-electron chi connectivity index (χ0n) is 7.23. The van der Waals surface area contributed by atoms with E-state index in [1.165, 1.54) is 0 Å². The first-order valence-corrected chi connectivity index (χ1v) is 6.30. The van der Waals surface area contributed by atoms with Crippen LogP contribution in [0.15, 0.2) is 4.52 Å². The minimum absolute atomic E-state index is 0.0815. The Hall–Kier alpha value is -0.750. The average molecular weight is 237 g/mol. The van der Waals surface area contributed by atoms with Crippen molar-refractivity contribution < 1.29 is 12.9 Å². The number of nitrogens with two attached hydrogens (primary N) is 1. The van der Waals surface area contributed by atoms with Gasteiger partial charge in [0.1, 0.15) is 0 Å². The minimum Gasteiger partial charge on any atom is -0.367 e. The Labute approximate surface area is 86.1 Å². The summed E-state index contributed by atoms with van der Waals surface area (Å²) in [5, 5.41) is 3.65. The lowest BCUT2D eigenvalue weighted by atomic mass is 10.0. The molecule has 0 radical (unpaired) electrons. The third-order valence-electron chi connectivity index (χ3n) is 2.35.